The summed E-state index contributed by atoms with van der Waals surface area (Å²) in [6, 6.07) is 0.357. The third-order valence-corrected chi connectivity index (χ3v) is 3.62. The Balaban J connectivity index is 2.14. The van der Waals surface area contributed by atoms with Gasteiger partial charge in [0.1, 0.15) is 0 Å². The van der Waals surface area contributed by atoms with Crippen molar-refractivity contribution in [2.45, 2.75) is 44.7 Å². The second-order valence-electron chi connectivity index (χ2n) is 4.81. The quantitative estimate of drug-likeness (QED) is 0.862. The number of aliphatic carboxylic acids is 1. The van der Waals surface area contributed by atoms with E-state index in [9.17, 15) is 4.79 Å². The van der Waals surface area contributed by atoms with Crippen LogP contribution in [-0.4, -0.2) is 38.5 Å². The van der Waals surface area contributed by atoms with Gasteiger partial charge in [0.25, 0.3) is 0 Å². The maximum absolute atomic E-state index is 11.0. The summed E-state index contributed by atoms with van der Waals surface area (Å²) in [6.45, 7) is 2.08. The number of carboxylic acids is 1. The van der Waals surface area contributed by atoms with E-state index in [4.69, 9.17) is 5.11 Å². The van der Waals surface area contributed by atoms with Crippen molar-refractivity contribution in [2.75, 3.05) is 6.54 Å². The Morgan fingerprint density at radius 1 is 1.50 bits per heavy atom. The second kappa shape index (κ2) is 5.91. The molecule has 0 aromatic carbocycles. The molecule has 1 atom stereocenters. The highest BCUT2D eigenvalue weighted by molar-refractivity contribution is 5.69. The van der Waals surface area contributed by atoms with E-state index in [1.54, 1.807) is 18.6 Å². The zero-order valence-electron chi connectivity index (χ0n) is 10.6. The minimum absolute atomic E-state index is 0.00194. The number of hydrogen-bond donors (Lipinski definition) is 1. The number of nitrogens with zero attached hydrogens (tertiary/aromatic N) is 3. The van der Waals surface area contributed by atoms with Crippen molar-refractivity contribution >= 4 is 5.97 Å². The fourth-order valence-corrected chi connectivity index (χ4v) is 2.67. The first-order valence-corrected chi connectivity index (χ1v) is 6.42. The number of carbonyl (C=O) groups is 1. The lowest BCUT2D eigenvalue weighted by Crippen LogP contribution is -2.39. The molecule has 5 heteroatoms. The van der Waals surface area contributed by atoms with E-state index < -0.39 is 5.97 Å². The fourth-order valence-electron chi connectivity index (χ4n) is 2.67. The summed E-state index contributed by atoms with van der Waals surface area (Å²) in [6.07, 6.45) is 9.54. The highest BCUT2D eigenvalue weighted by atomic mass is 16.4. The van der Waals surface area contributed by atoms with Gasteiger partial charge in [-0.25, -0.2) is 0 Å². The molecular formula is C13H19N3O2. The van der Waals surface area contributed by atoms with Crippen LogP contribution in [0.4, 0.5) is 0 Å². The Hall–Kier alpha value is -1.49. The molecule has 0 aliphatic heterocycles. The summed E-state index contributed by atoms with van der Waals surface area (Å²) in [5.74, 6) is -0.780. The highest BCUT2D eigenvalue weighted by Crippen LogP contribution is 2.29. The molecule has 1 N–H and O–H groups in total. The van der Waals surface area contributed by atoms with Crippen molar-refractivity contribution in [3.8, 4) is 0 Å². The first kappa shape index (κ1) is 13.0. The third kappa shape index (κ3) is 3.04. The van der Waals surface area contributed by atoms with Gasteiger partial charge in [0.2, 0.25) is 0 Å². The van der Waals surface area contributed by atoms with Crippen LogP contribution < -0.4 is 0 Å². The monoisotopic (exact) mass is 249 g/mol. The molecule has 1 fully saturated rings. The van der Waals surface area contributed by atoms with E-state index >= 15 is 0 Å². The van der Waals surface area contributed by atoms with Gasteiger partial charge in [0, 0.05) is 24.6 Å². The zero-order valence-corrected chi connectivity index (χ0v) is 10.6. The second-order valence-corrected chi connectivity index (χ2v) is 4.81. The van der Waals surface area contributed by atoms with Gasteiger partial charge in [-0.05, 0) is 19.8 Å². The van der Waals surface area contributed by atoms with Crippen molar-refractivity contribution in [3.63, 3.8) is 0 Å². The molecule has 98 valence electrons. The van der Waals surface area contributed by atoms with E-state index in [1.165, 1.54) is 12.8 Å². The average Bonchev–Trinajstić information content (AvgIpc) is 2.89. The van der Waals surface area contributed by atoms with Crippen LogP contribution in [-0.2, 0) is 4.79 Å². The number of aromatic nitrogens is 2. The van der Waals surface area contributed by atoms with Crippen LogP contribution in [0.25, 0.3) is 0 Å². The molecule has 0 saturated heterocycles. The lowest BCUT2D eigenvalue weighted by atomic mass is 10.1. The molecule has 0 bridgehead atoms. The Kier molecular flexibility index (Phi) is 4.25. The Bertz CT molecular complexity index is 390. The molecule has 1 aliphatic carbocycles. The van der Waals surface area contributed by atoms with E-state index in [2.05, 4.69) is 9.97 Å². The Labute approximate surface area is 107 Å². The molecule has 1 aromatic rings. The maximum atomic E-state index is 11.0. The summed E-state index contributed by atoms with van der Waals surface area (Å²) in [5.41, 5.74) is 0.839. The van der Waals surface area contributed by atoms with Crippen LogP contribution in [0.1, 0.15) is 44.3 Å². The molecule has 1 saturated carbocycles. The lowest BCUT2D eigenvalue weighted by molar-refractivity contribution is -0.139. The molecule has 1 unspecified atom stereocenters. The first-order chi connectivity index (χ1) is 8.68. The number of hydrogen-bond acceptors (Lipinski definition) is 4. The van der Waals surface area contributed by atoms with Crippen molar-refractivity contribution < 1.29 is 9.90 Å². The van der Waals surface area contributed by atoms with E-state index in [0.717, 1.165) is 18.5 Å². The van der Waals surface area contributed by atoms with Crippen LogP contribution in [0.3, 0.4) is 0 Å². The van der Waals surface area contributed by atoms with Crippen molar-refractivity contribution in [1.82, 2.24) is 14.9 Å². The zero-order chi connectivity index (χ0) is 13.0. The van der Waals surface area contributed by atoms with Crippen LogP contribution in [0.15, 0.2) is 18.6 Å². The largest absolute Gasteiger partial charge is 0.480 e. The highest BCUT2D eigenvalue weighted by Gasteiger charge is 2.29. The molecule has 0 spiro atoms. The molecule has 0 amide bonds. The maximum Gasteiger partial charge on any atom is 0.317 e. The fraction of sp³-hybridized carbons (Fsp3) is 0.615. The predicted molar refractivity (Wildman–Crippen MR) is 67.0 cm³/mol. The van der Waals surface area contributed by atoms with Gasteiger partial charge in [-0.2, -0.15) is 0 Å². The minimum atomic E-state index is -0.780. The van der Waals surface area contributed by atoms with Crippen LogP contribution in [0, 0.1) is 0 Å². The van der Waals surface area contributed by atoms with E-state index in [0.29, 0.717) is 6.04 Å². The van der Waals surface area contributed by atoms with Crippen LogP contribution in [0.2, 0.25) is 0 Å². The van der Waals surface area contributed by atoms with Crippen molar-refractivity contribution in [3.05, 3.63) is 24.3 Å². The van der Waals surface area contributed by atoms with Gasteiger partial charge in [0.05, 0.1) is 18.3 Å². The van der Waals surface area contributed by atoms with Crippen LogP contribution in [0.5, 0.6) is 0 Å². The summed E-state index contributed by atoms with van der Waals surface area (Å²) in [5, 5.41) is 9.06. The molecule has 5 nitrogen and oxygen atoms in total. The molecular weight excluding hydrogens is 230 g/mol. The van der Waals surface area contributed by atoms with E-state index in [-0.39, 0.29) is 12.6 Å². The molecule has 2 rings (SSSR count). The van der Waals surface area contributed by atoms with Gasteiger partial charge in [-0.3, -0.25) is 19.7 Å². The summed E-state index contributed by atoms with van der Waals surface area (Å²) < 4.78 is 0. The van der Waals surface area contributed by atoms with Gasteiger partial charge >= 0.3 is 5.97 Å². The molecule has 0 radical (unpaired) electrons. The summed E-state index contributed by atoms with van der Waals surface area (Å²) >= 11 is 0. The summed E-state index contributed by atoms with van der Waals surface area (Å²) in [7, 11) is 0. The van der Waals surface area contributed by atoms with E-state index in [1.807, 2.05) is 11.8 Å². The predicted octanol–water partition coefficient (Wildman–Crippen LogP) is 1.87. The lowest BCUT2D eigenvalue weighted by Gasteiger charge is -2.32. The van der Waals surface area contributed by atoms with Gasteiger partial charge in [0.15, 0.2) is 0 Å². The Morgan fingerprint density at radius 2 is 2.22 bits per heavy atom. The Morgan fingerprint density at radius 3 is 2.78 bits per heavy atom. The van der Waals surface area contributed by atoms with Crippen molar-refractivity contribution in [1.29, 1.82) is 0 Å². The average molecular weight is 249 g/mol. The topological polar surface area (TPSA) is 66.3 Å². The van der Waals surface area contributed by atoms with Gasteiger partial charge < -0.3 is 5.11 Å². The van der Waals surface area contributed by atoms with Crippen LogP contribution >= 0.6 is 0 Å². The summed E-state index contributed by atoms with van der Waals surface area (Å²) in [4.78, 5) is 21.4. The van der Waals surface area contributed by atoms with Crippen molar-refractivity contribution in [2.24, 2.45) is 0 Å². The third-order valence-electron chi connectivity index (χ3n) is 3.62. The molecule has 1 heterocycles. The smallest absolute Gasteiger partial charge is 0.317 e. The first-order valence-electron chi connectivity index (χ1n) is 6.42. The molecule has 1 aliphatic rings. The van der Waals surface area contributed by atoms with Gasteiger partial charge in [-0.15, -0.1) is 0 Å². The SMILES string of the molecule is CC(c1cnccn1)N(CC(=O)O)C1CCCC1. The number of carboxylic acid groups (broad SMARTS) is 1. The number of rotatable bonds is 5. The standard InChI is InChI=1S/C13H19N3O2/c1-10(12-8-14-6-7-15-12)16(9-13(17)18)11-4-2-3-5-11/h6-8,10-11H,2-5,9H2,1H3,(H,17,18). The van der Waals surface area contributed by atoms with Gasteiger partial charge in [-0.1, -0.05) is 12.8 Å². The molecule has 1 aromatic heterocycles. The molecule has 18 heavy (non-hydrogen) atoms. The normalized spacial score (nSPS) is 18.1. The minimum Gasteiger partial charge on any atom is -0.480 e.